The summed E-state index contributed by atoms with van der Waals surface area (Å²) in [4.78, 5) is 19.7. The van der Waals surface area contributed by atoms with Crippen LogP contribution in [0.5, 0.6) is 0 Å². The number of aryl methyl sites for hydroxylation is 1. The fourth-order valence-corrected chi connectivity index (χ4v) is 1.88. The lowest BCUT2D eigenvalue weighted by molar-refractivity contribution is 0.102. The van der Waals surface area contributed by atoms with Crippen LogP contribution in [0, 0.1) is 12.7 Å². The van der Waals surface area contributed by atoms with Gasteiger partial charge in [-0.25, -0.2) is 9.37 Å². The summed E-state index contributed by atoms with van der Waals surface area (Å²) in [7, 11) is 0. The van der Waals surface area contributed by atoms with Crippen molar-refractivity contribution in [1.82, 2.24) is 9.97 Å². The van der Waals surface area contributed by atoms with E-state index in [1.807, 2.05) is 0 Å². The highest BCUT2D eigenvalue weighted by Gasteiger charge is 2.12. The molecule has 1 amide bonds. The van der Waals surface area contributed by atoms with Gasteiger partial charge in [-0.3, -0.25) is 9.78 Å². The monoisotopic (exact) mass is 271 g/mol. The molecule has 0 aliphatic carbocycles. The lowest BCUT2D eigenvalue weighted by atomic mass is 10.2. The molecule has 3 aromatic rings. The first kappa shape index (κ1) is 12.3. The van der Waals surface area contributed by atoms with Crippen LogP contribution in [0.1, 0.15) is 16.2 Å². The van der Waals surface area contributed by atoms with Crippen LogP contribution in [0.25, 0.3) is 11.1 Å². The molecule has 6 heteroatoms. The third kappa shape index (κ3) is 2.23. The molecule has 0 aliphatic rings. The minimum Gasteiger partial charge on any atom is -0.441 e. The maximum Gasteiger partial charge on any atom is 0.258 e. The highest BCUT2D eigenvalue weighted by atomic mass is 19.1. The van der Waals surface area contributed by atoms with Crippen molar-refractivity contribution in [1.29, 1.82) is 0 Å². The number of nitrogens with zero attached hydrogens (tertiary/aromatic N) is 2. The summed E-state index contributed by atoms with van der Waals surface area (Å²) in [5.41, 5.74) is 1.73. The van der Waals surface area contributed by atoms with Gasteiger partial charge < -0.3 is 9.73 Å². The molecule has 2 aromatic heterocycles. The van der Waals surface area contributed by atoms with Gasteiger partial charge in [-0.15, -0.1) is 0 Å². The van der Waals surface area contributed by atoms with Gasteiger partial charge in [-0.05, 0) is 24.3 Å². The summed E-state index contributed by atoms with van der Waals surface area (Å²) in [6, 6.07) is 6.37. The van der Waals surface area contributed by atoms with Crippen molar-refractivity contribution in [3.63, 3.8) is 0 Å². The standard InChI is InChI=1S/C14H10FN3O2/c1-8-17-12-6-9(2-3-13(12)20-8)18-14(19)10-4-5-16-7-11(10)15/h2-7H,1H3,(H,18,19). The molecule has 0 saturated heterocycles. The van der Waals surface area contributed by atoms with Crippen molar-refractivity contribution in [2.45, 2.75) is 6.92 Å². The number of pyridine rings is 1. The Balaban J connectivity index is 1.89. The number of anilines is 1. The number of benzene rings is 1. The third-order valence-electron chi connectivity index (χ3n) is 2.77. The van der Waals surface area contributed by atoms with E-state index in [0.29, 0.717) is 22.7 Å². The fraction of sp³-hybridized carbons (Fsp3) is 0.0714. The van der Waals surface area contributed by atoms with Crippen molar-refractivity contribution >= 4 is 22.7 Å². The van der Waals surface area contributed by atoms with Crippen molar-refractivity contribution in [2.75, 3.05) is 5.32 Å². The zero-order valence-corrected chi connectivity index (χ0v) is 10.6. The molecule has 0 radical (unpaired) electrons. The highest BCUT2D eigenvalue weighted by Crippen LogP contribution is 2.20. The molecular formula is C14H10FN3O2. The molecule has 5 nitrogen and oxygen atoms in total. The first-order chi connectivity index (χ1) is 9.63. The van der Waals surface area contributed by atoms with E-state index in [4.69, 9.17) is 4.42 Å². The molecule has 1 N–H and O–H groups in total. The van der Waals surface area contributed by atoms with E-state index in [-0.39, 0.29) is 5.56 Å². The lowest BCUT2D eigenvalue weighted by Gasteiger charge is -2.05. The fourth-order valence-electron chi connectivity index (χ4n) is 1.88. The molecule has 2 heterocycles. The van der Waals surface area contributed by atoms with Gasteiger partial charge in [0.25, 0.3) is 5.91 Å². The topological polar surface area (TPSA) is 68.0 Å². The Bertz CT molecular complexity index is 798. The SMILES string of the molecule is Cc1nc2cc(NC(=O)c3ccncc3F)ccc2o1. The highest BCUT2D eigenvalue weighted by molar-refractivity contribution is 6.05. The summed E-state index contributed by atoms with van der Waals surface area (Å²) in [6.07, 6.45) is 2.36. The smallest absolute Gasteiger partial charge is 0.258 e. The van der Waals surface area contributed by atoms with Gasteiger partial charge in [0.15, 0.2) is 17.3 Å². The molecule has 0 spiro atoms. The largest absolute Gasteiger partial charge is 0.441 e. The van der Waals surface area contributed by atoms with Crippen LogP contribution in [-0.4, -0.2) is 15.9 Å². The molecule has 0 atom stereocenters. The molecule has 1 aromatic carbocycles. The summed E-state index contributed by atoms with van der Waals surface area (Å²) in [5.74, 6) is -0.656. The van der Waals surface area contributed by atoms with E-state index in [1.165, 1.54) is 12.3 Å². The van der Waals surface area contributed by atoms with E-state index >= 15 is 0 Å². The number of hydrogen-bond donors (Lipinski definition) is 1. The van der Waals surface area contributed by atoms with E-state index in [2.05, 4.69) is 15.3 Å². The Morgan fingerprint density at radius 2 is 2.20 bits per heavy atom. The van der Waals surface area contributed by atoms with Crippen LogP contribution in [0.4, 0.5) is 10.1 Å². The predicted molar refractivity (Wildman–Crippen MR) is 70.9 cm³/mol. The third-order valence-corrected chi connectivity index (χ3v) is 2.77. The lowest BCUT2D eigenvalue weighted by Crippen LogP contribution is -2.13. The maximum atomic E-state index is 13.4. The molecule has 0 fully saturated rings. The Labute approximate surface area is 113 Å². The number of aromatic nitrogens is 2. The summed E-state index contributed by atoms with van der Waals surface area (Å²) in [6.45, 7) is 1.74. The second-order valence-corrected chi connectivity index (χ2v) is 4.23. The second-order valence-electron chi connectivity index (χ2n) is 4.23. The van der Waals surface area contributed by atoms with Crippen LogP contribution in [0.2, 0.25) is 0 Å². The minimum absolute atomic E-state index is 0.0589. The van der Waals surface area contributed by atoms with E-state index in [9.17, 15) is 9.18 Å². The Hall–Kier alpha value is -2.76. The van der Waals surface area contributed by atoms with Gasteiger partial charge in [0.05, 0.1) is 11.8 Å². The molecule has 0 saturated carbocycles. The Kier molecular flexibility index (Phi) is 2.90. The van der Waals surface area contributed by atoms with Crippen LogP contribution < -0.4 is 5.32 Å². The van der Waals surface area contributed by atoms with Crippen LogP contribution in [0.3, 0.4) is 0 Å². The number of rotatable bonds is 2. The molecule has 0 aliphatic heterocycles. The van der Waals surface area contributed by atoms with E-state index in [1.54, 1.807) is 25.1 Å². The second kappa shape index (κ2) is 4.73. The zero-order valence-electron chi connectivity index (χ0n) is 10.6. The van der Waals surface area contributed by atoms with Crippen LogP contribution in [0.15, 0.2) is 41.1 Å². The Morgan fingerprint density at radius 1 is 1.35 bits per heavy atom. The summed E-state index contributed by atoms with van der Waals surface area (Å²) in [5, 5.41) is 2.61. The van der Waals surface area contributed by atoms with E-state index < -0.39 is 11.7 Å². The van der Waals surface area contributed by atoms with Gasteiger partial charge in [-0.1, -0.05) is 0 Å². The number of fused-ring (bicyclic) bond motifs is 1. The number of carbonyl (C=O) groups is 1. The van der Waals surface area contributed by atoms with Gasteiger partial charge in [0, 0.05) is 18.8 Å². The predicted octanol–water partition coefficient (Wildman–Crippen LogP) is 2.92. The number of amides is 1. The minimum atomic E-state index is -0.664. The maximum absolute atomic E-state index is 13.4. The molecule has 3 rings (SSSR count). The average Bonchev–Trinajstić information content (AvgIpc) is 2.78. The number of halogens is 1. The quantitative estimate of drug-likeness (QED) is 0.778. The zero-order chi connectivity index (χ0) is 14.1. The Morgan fingerprint density at radius 3 is 3.00 bits per heavy atom. The van der Waals surface area contributed by atoms with Crippen molar-refractivity contribution in [3.05, 3.63) is 53.9 Å². The van der Waals surface area contributed by atoms with E-state index in [0.717, 1.165) is 6.20 Å². The van der Waals surface area contributed by atoms with Crippen molar-refractivity contribution < 1.29 is 13.6 Å². The van der Waals surface area contributed by atoms with Gasteiger partial charge in [0.1, 0.15) is 5.52 Å². The normalized spacial score (nSPS) is 10.7. The summed E-state index contributed by atoms with van der Waals surface area (Å²) >= 11 is 0. The van der Waals surface area contributed by atoms with Crippen molar-refractivity contribution in [2.24, 2.45) is 0 Å². The number of hydrogen-bond acceptors (Lipinski definition) is 4. The average molecular weight is 271 g/mol. The summed E-state index contributed by atoms with van der Waals surface area (Å²) < 4.78 is 18.8. The van der Waals surface area contributed by atoms with Gasteiger partial charge in [0.2, 0.25) is 0 Å². The van der Waals surface area contributed by atoms with Crippen LogP contribution >= 0.6 is 0 Å². The molecule has 100 valence electrons. The van der Waals surface area contributed by atoms with Crippen molar-refractivity contribution in [3.8, 4) is 0 Å². The molecule has 0 unspecified atom stereocenters. The number of oxazole rings is 1. The van der Waals surface area contributed by atoms with Gasteiger partial charge >= 0.3 is 0 Å². The number of carbonyl (C=O) groups excluding carboxylic acids is 1. The van der Waals surface area contributed by atoms with Gasteiger partial charge in [-0.2, -0.15) is 0 Å². The van der Waals surface area contributed by atoms with Crippen LogP contribution in [-0.2, 0) is 0 Å². The first-order valence-corrected chi connectivity index (χ1v) is 5.91. The molecular weight excluding hydrogens is 261 g/mol. The number of nitrogens with one attached hydrogen (secondary N) is 1. The first-order valence-electron chi connectivity index (χ1n) is 5.91. The molecule has 0 bridgehead atoms. The molecule has 20 heavy (non-hydrogen) atoms.